The number of rotatable bonds is 5. The molecule has 0 heterocycles. The fourth-order valence-corrected chi connectivity index (χ4v) is 2.72. The maximum absolute atomic E-state index is 11.4. The Balaban J connectivity index is 2.59. The molecule has 2 rings (SSSR count). The first kappa shape index (κ1) is 14.9. The van der Waals surface area contributed by atoms with E-state index in [9.17, 15) is 20.1 Å². The van der Waals surface area contributed by atoms with Crippen molar-refractivity contribution in [3.63, 3.8) is 0 Å². The Bertz CT molecular complexity index is 569. The number of phenols is 2. The van der Waals surface area contributed by atoms with Gasteiger partial charge in [-0.1, -0.05) is 31.2 Å². The van der Waals surface area contributed by atoms with Gasteiger partial charge in [0.1, 0.15) is 11.5 Å². The summed E-state index contributed by atoms with van der Waals surface area (Å²) in [6.45, 7) is 1.93. The maximum atomic E-state index is 11.4. The first-order chi connectivity index (χ1) is 9.98. The van der Waals surface area contributed by atoms with Crippen LogP contribution in [0.25, 0.3) is 0 Å². The smallest absolute Gasteiger partial charge is 0.304 e. The standard InChI is InChI=1S/C17H18O4/c1-2-17(11-16(20)21,12-3-7-14(18)8-4-12)13-5-9-15(19)10-6-13/h3-10,18-19H,2,11H2,1H3,(H,20,21). The zero-order valence-corrected chi connectivity index (χ0v) is 11.8. The molecule has 0 atom stereocenters. The van der Waals surface area contributed by atoms with E-state index in [1.54, 1.807) is 48.5 Å². The Labute approximate surface area is 123 Å². The molecule has 3 N–H and O–H groups in total. The summed E-state index contributed by atoms with van der Waals surface area (Å²) in [4.78, 5) is 11.4. The van der Waals surface area contributed by atoms with Crippen molar-refractivity contribution < 1.29 is 20.1 Å². The average Bonchev–Trinajstić information content (AvgIpc) is 2.46. The number of hydrogen-bond donors (Lipinski definition) is 3. The molecular weight excluding hydrogens is 268 g/mol. The van der Waals surface area contributed by atoms with E-state index in [1.807, 2.05) is 6.92 Å². The SMILES string of the molecule is CCC(CC(=O)O)(c1ccc(O)cc1)c1ccc(O)cc1. The second-order valence-electron chi connectivity index (χ2n) is 5.10. The van der Waals surface area contributed by atoms with Crippen molar-refractivity contribution in [2.75, 3.05) is 0 Å². The van der Waals surface area contributed by atoms with Gasteiger partial charge in [0, 0.05) is 5.41 Å². The molecule has 0 saturated heterocycles. The predicted octanol–water partition coefficient (Wildman–Crippen LogP) is 3.27. The molecule has 0 aliphatic carbocycles. The minimum Gasteiger partial charge on any atom is -0.508 e. The first-order valence-corrected chi connectivity index (χ1v) is 6.79. The van der Waals surface area contributed by atoms with Crippen LogP contribution < -0.4 is 0 Å². The van der Waals surface area contributed by atoms with Gasteiger partial charge in [-0.25, -0.2) is 0 Å². The van der Waals surface area contributed by atoms with Gasteiger partial charge in [0.25, 0.3) is 0 Å². The Morgan fingerprint density at radius 3 is 1.57 bits per heavy atom. The van der Waals surface area contributed by atoms with Crippen LogP contribution in [0.1, 0.15) is 30.9 Å². The van der Waals surface area contributed by atoms with Crippen molar-refractivity contribution in [1.29, 1.82) is 0 Å². The normalized spacial score (nSPS) is 11.3. The highest BCUT2D eigenvalue weighted by Crippen LogP contribution is 2.40. The van der Waals surface area contributed by atoms with Gasteiger partial charge in [-0.2, -0.15) is 0 Å². The average molecular weight is 286 g/mol. The summed E-state index contributed by atoms with van der Waals surface area (Å²) in [6.07, 6.45) is 0.536. The Morgan fingerprint density at radius 1 is 0.905 bits per heavy atom. The number of carboxylic acids is 1. The monoisotopic (exact) mass is 286 g/mol. The molecule has 4 heteroatoms. The van der Waals surface area contributed by atoms with E-state index in [2.05, 4.69) is 0 Å². The number of benzene rings is 2. The topological polar surface area (TPSA) is 77.8 Å². The summed E-state index contributed by atoms with van der Waals surface area (Å²) in [6, 6.07) is 13.2. The molecule has 0 saturated carbocycles. The fraction of sp³-hybridized carbons (Fsp3) is 0.235. The summed E-state index contributed by atoms with van der Waals surface area (Å²) in [5.74, 6) is -0.604. The van der Waals surface area contributed by atoms with Crippen LogP contribution in [-0.4, -0.2) is 21.3 Å². The lowest BCUT2D eigenvalue weighted by Crippen LogP contribution is -2.30. The Morgan fingerprint density at radius 2 is 1.29 bits per heavy atom. The molecule has 4 nitrogen and oxygen atoms in total. The van der Waals surface area contributed by atoms with Crippen LogP contribution in [0.4, 0.5) is 0 Å². The van der Waals surface area contributed by atoms with E-state index >= 15 is 0 Å². The van der Waals surface area contributed by atoms with Gasteiger partial charge >= 0.3 is 5.97 Å². The summed E-state index contributed by atoms with van der Waals surface area (Å²) in [5, 5.41) is 28.2. The van der Waals surface area contributed by atoms with E-state index in [-0.39, 0.29) is 17.9 Å². The van der Waals surface area contributed by atoms with E-state index in [0.29, 0.717) is 6.42 Å². The van der Waals surface area contributed by atoms with Gasteiger partial charge in [-0.3, -0.25) is 4.79 Å². The number of aliphatic carboxylic acids is 1. The van der Waals surface area contributed by atoms with E-state index in [1.165, 1.54) is 0 Å². The van der Waals surface area contributed by atoms with E-state index < -0.39 is 11.4 Å². The minimum atomic E-state index is -0.891. The van der Waals surface area contributed by atoms with Crippen molar-refractivity contribution in [2.45, 2.75) is 25.2 Å². The summed E-state index contributed by atoms with van der Waals surface area (Å²) in [7, 11) is 0. The number of aromatic hydroxyl groups is 2. The van der Waals surface area contributed by atoms with E-state index in [0.717, 1.165) is 11.1 Å². The highest BCUT2D eigenvalue weighted by Gasteiger charge is 2.35. The highest BCUT2D eigenvalue weighted by molar-refractivity contribution is 5.70. The third-order valence-electron chi connectivity index (χ3n) is 3.90. The lowest BCUT2D eigenvalue weighted by atomic mass is 9.70. The van der Waals surface area contributed by atoms with Crippen molar-refractivity contribution in [3.8, 4) is 11.5 Å². The molecule has 21 heavy (non-hydrogen) atoms. The largest absolute Gasteiger partial charge is 0.508 e. The number of carboxylic acid groups (broad SMARTS) is 1. The van der Waals surface area contributed by atoms with Crippen LogP contribution in [0.15, 0.2) is 48.5 Å². The molecule has 2 aromatic carbocycles. The molecule has 0 spiro atoms. The molecule has 0 bridgehead atoms. The molecule has 2 aromatic rings. The fourth-order valence-electron chi connectivity index (χ4n) is 2.72. The van der Waals surface area contributed by atoms with Gasteiger partial charge in [0.2, 0.25) is 0 Å². The van der Waals surface area contributed by atoms with Gasteiger partial charge in [0.15, 0.2) is 0 Å². The van der Waals surface area contributed by atoms with Crippen LogP contribution in [0, 0.1) is 0 Å². The van der Waals surface area contributed by atoms with Gasteiger partial charge in [0.05, 0.1) is 6.42 Å². The van der Waals surface area contributed by atoms with Gasteiger partial charge in [-0.15, -0.1) is 0 Å². The van der Waals surface area contributed by atoms with Crippen molar-refractivity contribution >= 4 is 5.97 Å². The minimum absolute atomic E-state index is 0.0565. The van der Waals surface area contributed by atoms with Crippen LogP contribution >= 0.6 is 0 Å². The second kappa shape index (κ2) is 5.87. The lowest BCUT2D eigenvalue weighted by molar-refractivity contribution is -0.138. The molecule has 0 amide bonds. The second-order valence-corrected chi connectivity index (χ2v) is 5.10. The molecule has 0 unspecified atom stereocenters. The summed E-state index contributed by atoms with van der Waals surface area (Å²) < 4.78 is 0. The molecule has 0 aliphatic heterocycles. The van der Waals surface area contributed by atoms with Gasteiger partial charge in [-0.05, 0) is 41.8 Å². The third kappa shape index (κ3) is 2.99. The van der Waals surface area contributed by atoms with Crippen LogP contribution in [0.5, 0.6) is 11.5 Å². The zero-order valence-electron chi connectivity index (χ0n) is 11.8. The Kier molecular flexibility index (Phi) is 4.17. The quantitative estimate of drug-likeness (QED) is 0.788. The lowest BCUT2D eigenvalue weighted by Gasteiger charge is -2.33. The van der Waals surface area contributed by atoms with Crippen molar-refractivity contribution in [2.24, 2.45) is 0 Å². The highest BCUT2D eigenvalue weighted by atomic mass is 16.4. The van der Waals surface area contributed by atoms with Crippen molar-refractivity contribution in [3.05, 3.63) is 59.7 Å². The summed E-state index contributed by atoms with van der Waals surface area (Å²) >= 11 is 0. The molecule has 110 valence electrons. The van der Waals surface area contributed by atoms with Crippen LogP contribution in [0.2, 0.25) is 0 Å². The first-order valence-electron chi connectivity index (χ1n) is 6.79. The predicted molar refractivity (Wildman–Crippen MR) is 79.5 cm³/mol. The maximum Gasteiger partial charge on any atom is 0.304 e. The van der Waals surface area contributed by atoms with Crippen molar-refractivity contribution in [1.82, 2.24) is 0 Å². The molecule has 0 radical (unpaired) electrons. The molecule has 0 fully saturated rings. The van der Waals surface area contributed by atoms with Gasteiger partial charge < -0.3 is 15.3 Å². The molecule has 0 aliphatic rings. The molecular formula is C17H18O4. The Hall–Kier alpha value is -2.49. The number of phenolic OH excluding ortho intramolecular Hbond substituents is 2. The van der Waals surface area contributed by atoms with E-state index in [4.69, 9.17) is 0 Å². The third-order valence-corrected chi connectivity index (χ3v) is 3.90. The van der Waals surface area contributed by atoms with Crippen LogP contribution in [0.3, 0.4) is 0 Å². The number of carbonyl (C=O) groups is 1. The molecule has 0 aromatic heterocycles. The summed E-state index contributed by atoms with van der Waals surface area (Å²) in [5.41, 5.74) is 0.972. The number of hydrogen-bond acceptors (Lipinski definition) is 3. The zero-order chi connectivity index (χ0) is 15.5. The van der Waals surface area contributed by atoms with Crippen LogP contribution in [-0.2, 0) is 10.2 Å².